The second-order valence-electron chi connectivity index (χ2n) is 8.05. The maximum Gasteiger partial charge on any atom is 0.174 e. The quantitative estimate of drug-likeness (QED) is 0.346. The Labute approximate surface area is 183 Å². The number of nitrogens with one attached hydrogen (secondary N) is 2. The van der Waals surface area contributed by atoms with Crippen molar-refractivity contribution in [2.45, 2.75) is 58.0 Å². The zero-order valence-electron chi connectivity index (χ0n) is 16.9. The number of anilines is 1. The van der Waals surface area contributed by atoms with Crippen LogP contribution in [0.2, 0.25) is 5.02 Å². The molecular formula is C24H28ClN3S. The highest BCUT2D eigenvalue weighted by atomic mass is 35.5. The Hall–Kier alpha value is -2.04. The van der Waals surface area contributed by atoms with E-state index in [1.165, 1.54) is 55.0 Å². The fourth-order valence-corrected chi connectivity index (χ4v) is 4.90. The van der Waals surface area contributed by atoms with Crippen molar-refractivity contribution < 1.29 is 0 Å². The minimum Gasteiger partial charge on any atom is -0.361 e. The van der Waals surface area contributed by atoms with Crippen molar-refractivity contribution in [1.82, 2.24) is 9.88 Å². The molecule has 0 spiro atoms. The first kappa shape index (κ1) is 20.2. The number of halogens is 1. The number of aryl methyl sites for hydroxylation is 1. The lowest BCUT2D eigenvalue weighted by Crippen LogP contribution is -2.42. The van der Waals surface area contributed by atoms with Gasteiger partial charge in [-0.15, -0.1) is 0 Å². The molecule has 152 valence electrons. The van der Waals surface area contributed by atoms with Gasteiger partial charge in [0.25, 0.3) is 0 Å². The molecule has 0 saturated heterocycles. The van der Waals surface area contributed by atoms with Gasteiger partial charge in [-0.1, -0.05) is 61.5 Å². The van der Waals surface area contributed by atoms with E-state index in [-0.39, 0.29) is 0 Å². The van der Waals surface area contributed by atoms with E-state index >= 15 is 0 Å². The Morgan fingerprint density at radius 2 is 1.90 bits per heavy atom. The van der Waals surface area contributed by atoms with Crippen LogP contribution in [0.25, 0.3) is 10.9 Å². The SMILES string of the molecule is Cc1ccc(NC(=S)N(Cc2c[nH]c3ccccc23)C2CCCCCC2)c(Cl)c1. The van der Waals surface area contributed by atoms with Gasteiger partial charge in [0.15, 0.2) is 5.11 Å². The standard InChI is InChI=1S/C24H28ClN3S/c1-17-12-13-23(21(25)14-17)27-24(29)28(19-8-4-2-3-5-9-19)16-18-15-26-22-11-7-6-10-20(18)22/h6-7,10-15,19,26H,2-5,8-9,16H2,1H3,(H,27,29). The molecule has 1 heterocycles. The first-order valence-electron chi connectivity index (χ1n) is 10.5. The molecule has 5 heteroatoms. The zero-order valence-corrected chi connectivity index (χ0v) is 18.5. The van der Waals surface area contributed by atoms with E-state index < -0.39 is 0 Å². The number of nitrogens with zero attached hydrogens (tertiary/aromatic N) is 1. The predicted octanol–water partition coefficient (Wildman–Crippen LogP) is 7.05. The highest BCUT2D eigenvalue weighted by Gasteiger charge is 2.24. The lowest BCUT2D eigenvalue weighted by molar-refractivity contribution is 0.281. The van der Waals surface area contributed by atoms with Gasteiger partial charge in [0.1, 0.15) is 0 Å². The van der Waals surface area contributed by atoms with E-state index in [4.69, 9.17) is 23.8 Å². The monoisotopic (exact) mass is 425 g/mol. The molecule has 29 heavy (non-hydrogen) atoms. The van der Waals surface area contributed by atoms with Crippen LogP contribution in [0.5, 0.6) is 0 Å². The maximum atomic E-state index is 6.47. The number of hydrogen-bond acceptors (Lipinski definition) is 1. The van der Waals surface area contributed by atoms with Crippen LogP contribution in [0.4, 0.5) is 5.69 Å². The minimum atomic E-state index is 0.454. The van der Waals surface area contributed by atoms with E-state index in [2.05, 4.69) is 51.7 Å². The van der Waals surface area contributed by atoms with Crippen LogP contribution in [0.3, 0.4) is 0 Å². The fraction of sp³-hybridized carbons (Fsp3) is 0.375. The molecule has 1 aromatic heterocycles. The van der Waals surface area contributed by atoms with Crippen molar-refractivity contribution in [3.63, 3.8) is 0 Å². The first-order chi connectivity index (χ1) is 14.1. The normalized spacial score (nSPS) is 15.2. The topological polar surface area (TPSA) is 31.1 Å². The third-order valence-electron chi connectivity index (χ3n) is 5.91. The molecule has 1 aliphatic rings. The third kappa shape index (κ3) is 4.76. The molecule has 2 N–H and O–H groups in total. The van der Waals surface area contributed by atoms with Gasteiger partial charge in [-0.2, -0.15) is 0 Å². The summed E-state index contributed by atoms with van der Waals surface area (Å²) in [6, 6.07) is 15.0. The lowest BCUT2D eigenvalue weighted by atomic mass is 10.1. The van der Waals surface area contributed by atoms with Crippen LogP contribution in [-0.4, -0.2) is 21.0 Å². The molecule has 1 fully saturated rings. The molecular weight excluding hydrogens is 398 g/mol. The van der Waals surface area contributed by atoms with Crippen molar-refractivity contribution in [1.29, 1.82) is 0 Å². The summed E-state index contributed by atoms with van der Waals surface area (Å²) in [7, 11) is 0. The molecule has 0 unspecified atom stereocenters. The first-order valence-corrected chi connectivity index (χ1v) is 11.3. The number of aromatic nitrogens is 1. The summed E-state index contributed by atoms with van der Waals surface area (Å²) in [6.45, 7) is 2.84. The maximum absolute atomic E-state index is 6.47. The number of benzene rings is 2. The molecule has 1 saturated carbocycles. The fourth-order valence-electron chi connectivity index (χ4n) is 4.29. The van der Waals surface area contributed by atoms with Crippen molar-refractivity contribution in [2.75, 3.05) is 5.32 Å². The van der Waals surface area contributed by atoms with Gasteiger partial charge in [0.05, 0.1) is 10.7 Å². The van der Waals surface area contributed by atoms with Crippen LogP contribution in [0.1, 0.15) is 49.7 Å². The molecule has 3 aromatic rings. The van der Waals surface area contributed by atoms with E-state index in [0.29, 0.717) is 11.1 Å². The van der Waals surface area contributed by atoms with Crippen LogP contribution in [-0.2, 0) is 6.54 Å². The van der Waals surface area contributed by atoms with Gasteiger partial charge in [0, 0.05) is 29.7 Å². The second-order valence-corrected chi connectivity index (χ2v) is 8.84. The van der Waals surface area contributed by atoms with Crippen molar-refractivity contribution >= 4 is 45.5 Å². The third-order valence-corrected chi connectivity index (χ3v) is 6.56. The minimum absolute atomic E-state index is 0.454. The number of fused-ring (bicyclic) bond motifs is 1. The molecule has 0 atom stereocenters. The number of para-hydroxylation sites is 1. The van der Waals surface area contributed by atoms with Gasteiger partial charge in [0.2, 0.25) is 0 Å². The summed E-state index contributed by atoms with van der Waals surface area (Å²) in [5.41, 5.74) is 4.47. The molecule has 0 bridgehead atoms. The number of H-pyrrole nitrogens is 1. The molecule has 0 amide bonds. The van der Waals surface area contributed by atoms with Crippen molar-refractivity contribution in [3.8, 4) is 0 Å². The molecule has 0 radical (unpaired) electrons. The van der Waals surface area contributed by atoms with Gasteiger partial charge in [-0.25, -0.2) is 0 Å². The smallest absolute Gasteiger partial charge is 0.174 e. The van der Waals surface area contributed by atoms with Crippen LogP contribution in [0, 0.1) is 6.92 Å². The van der Waals surface area contributed by atoms with Gasteiger partial charge < -0.3 is 15.2 Å². The van der Waals surface area contributed by atoms with Gasteiger partial charge in [-0.05, 0) is 61.3 Å². The Kier molecular flexibility index (Phi) is 6.41. The summed E-state index contributed by atoms with van der Waals surface area (Å²) in [5, 5.41) is 6.16. The predicted molar refractivity (Wildman–Crippen MR) is 128 cm³/mol. The Morgan fingerprint density at radius 3 is 2.66 bits per heavy atom. The molecule has 0 aliphatic heterocycles. The van der Waals surface area contributed by atoms with Crippen molar-refractivity contribution in [3.05, 3.63) is 64.8 Å². The number of hydrogen-bond donors (Lipinski definition) is 2. The highest BCUT2D eigenvalue weighted by molar-refractivity contribution is 7.80. The molecule has 4 rings (SSSR count). The summed E-state index contributed by atoms with van der Waals surface area (Å²) in [5.74, 6) is 0. The van der Waals surface area contributed by atoms with E-state index in [1.54, 1.807) is 0 Å². The Bertz CT molecular complexity index is 989. The van der Waals surface area contributed by atoms with E-state index in [9.17, 15) is 0 Å². The molecule has 2 aromatic carbocycles. The average Bonchev–Trinajstić information content (AvgIpc) is 2.93. The second kappa shape index (κ2) is 9.19. The molecule has 3 nitrogen and oxygen atoms in total. The van der Waals surface area contributed by atoms with Crippen molar-refractivity contribution in [2.24, 2.45) is 0 Å². The summed E-state index contributed by atoms with van der Waals surface area (Å²) < 4.78 is 0. The number of thiocarbonyl (C=S) groups is 1. The number of aromatic amines is 1. The van der Waals surface area contributed by atoms with E-state index in [0.717, 1.165) is 22.9 Å². The van der Waals surface area contributed by atoms with Crippen LogP contribution in [0.15, 0.2) is 48.7 Å². The Balaban J connectivity index is 1.61. The van der Waals surface area contributed by atoms with Crippen LogP contribution >= 0.6 is 23.8 Å². The van der Waals surface area contributed by atoms with Crippen LogP contribution < -0.4 is 5.32 Å². The zero-order chi connectivity index (χ0) is 20.2. The number of rotatable bonds is 4. The average molecular weight is 426 g/mol. The lowest BCUT2D eigenvalue weighted by Gasteiger charge is -2.34. The largest absolute Gasteiger partial charge is 0.361 e. The summed E-state index contributed by atoms with van der Waals surface area (Å²) in [6.07, 6.45) is 9.67. The molecule has 1 aliphatic carbocycles. The Morgan fingerprint density at radius 1 is 1.14 bits per heavy atom. The highest BCUT2D eigenvalue weighted by Crippen LogP contribution is 2.28. The summed E-state index contributed by atoms with van der Waals surface area (Å²) in [4.78, 5) is 5.78. The summed E-state index contributed by atoms with van der Waals surface area (Å²) >= 11 is 12.4. The van der Waals surface area contributed by atoms with Gasteiger partial charge in [-0.3, -0.25) is 0 Å². The van der Waals surface area contributed by atoms with E-state index in [1.807, 2.05) is 19.1 Å². The van der Waals surface area contributed by atoms with Gasteiger partial charge >= 0.3 is 0 Å².